The van der Waals surface area contributed by atoms with Crippen molar-refractivity contribution in [3.63, 3.8) is 0 Å². The highest BCUT2D eigenvalue weighted by Crippen LogP contribution is 2.31. The SMILES string of the molecule is Cn1c(=O)c2ccccc2n2c(COc3cccc(Cl)c3Cl)nnc12. The lowest BCUT2D eigenvalue weighted by molar-refractivity contribution is 0.295. The maximum absolute atomic E-state index is 12.4. The molecule has 6 nitrogen and oxygen atoms in total. The highest BCUT2D eigenvalue weighted by atomic mass is 35.5. The highest BCUT2D eigenvalue weighted by Gasteiger charge is 2.15. The number of benzene rings is 2. The third-order valence-electron chi connectivity index (χ3n) is 3.97. The third-order valence-corrected chi connectivity index (χ3v) is 4.77. The topological polar surface area (TPSA) is 61.4 Å². The average Bonchev–Trinajstić information content (AvgIpc) is 3.05. The lowest BCUT2D eigenvalue weighted by atomic mass is 10.2. The monoisotopic (exact) mass is 374 g/mol. The molecule has 2 aromatic carbocycles. The van der Waals surface area contributed by atoms with Gasteiger partial charge in [0.15, 0.2) is 5.82 Å². The highest BCUT2D eigenvalue weighted by molar-refractivity contribution is 6.42. The van der Waals surface area contributed by atoms with Crippen LogP contribution in [0.25, 0.3) is 16.7 Å². The van der Waals surface area contributed by atoms with Gasteiger partial charge in [0.2, 0.25) is 5.78 Å². The molecular formula is C17H12Cl2N4O2. The van der Waals surface area contributed by atoms with Crippen LogP contribution >= 0.6 is 23.2 Å². The number of para-hydroxylation sites is 1. The van der Waals surface area contributed by atoms with E-state index in [0.29, 0.717) is 32.8 Å². The van der Waals surface area contributed by atoms with Crippen LogP contribution in [-0.2, 0) is 13.7 Å². The number of fused-ring (bicyclic) bond motifs is 3. The number of halogens is 2. The van der Waals surface area contributed by atoms with Crippen LogP contribution in [0.15, 0.2) is 47.3 Å². The number of rotatable bonds is 3. The van der Waals surface area contributed by atoms with E-state index in [1.165, 1.54) is 4.57 Å². The predicted octanol–water partition coefficient (Wildman–Crippen LogP) is 3.47. The average molecular weight is 375 g/mol. The molecule has 0 spiro atoms. The van der Waals surface area contributed by atoms with Gasteiger partial charge in [-0.1, -0.05) is 41.4 Å². The molecule has 0 amide bonds. The molecule has 2 heterocycles. The van der Waals surface area contributed by atoms with Crippen LogP contribution in [0.1, 0.15) is 5.82 Å². The molecule has 4 aromatic rings. The van der Waals surface area contributed by atoms with E-state index in [9.17, 15) is 4.79 Å². The van der Waals surface area contributed by atoms with Crippen LogP contribution in [0.3, 0.4) is 0 Å². The molecule has 126 valence electrons. The molecular weight excluding hydrogens is 363 g/mol. The maximum atomic E-state index is 12.4. The summed E-state index contributed by atoms with van der Waals surface area (Å²) < 4.78 is 9.03. The Morgan fingerprint density at radius 2 is 1.88 bits per heavy atom. The largest absolute Gasteiger partial charge is 0.484 e. The van der Waals surface area contributed by atoms with Crippen LogP contribution in [0.2, 0.25) is 10.0 Å². The Morgan fingerprint density at radius 3 is 2.72 bits per heavy atom. The van der Waals surface area contributed by atoms with Crippen LogP contribution in [-0.4, -0.2) is 19.2 Å². The second kappa shape index (κ2) is 6.06. The van der Waals surface area contributed by atoms with Crippen LogP contribution in [0, 0.1) is 0 Å². The number of hydrogen-bond donors (Lipinski definition) is 0. The summed E-state index contributed by atoms with van der Waals surface area (Å²) in [6.45, 7) is 0.128. The van der Waals surface area contributed by atoms with Gasteiger partial charge in [-0.2, -0.15) is 0 Å². The molecule has 0 saturated carbocycles. The number of aryl methyl sites for hydroxylation is 1. The second-order valence-electron chi connectivity index (χ2n) is 5.47. The van der Waals surface area contributed by atoms with E-state index >= 15 is 0 Å². The molecule has 8 heteroatoms. The summed E-state index contributed by atoms with van der Waals surface area (Å²) in [6.07, 6.45) is 0. The quantitative estimate of drug-likeness (QED) is 0.550. The number of aromatic nitrogens is 4. The number of ether oxygens (including phenoxy) is 1. The lowest BCUT2D eigenvalue weighted by Crippen LogP contribution is -2.20. The number of nitrogens with zero attached hydrogens (tertiary/aromatic N) is 4. The fourth-order valence-corrected chi connectivity index (χ4v) is 3.07. The second-order valence-corrected chi connectivity index (χ2v) is 6.26. The smallest absolute Gasteiger partial charge is 0.262 e. The van der Waals surface area contributed by atoms with Gasteiger partial charge >= 0.3 is 0 Å². The van der Waals surface area contributed by atoms with Gasteiger partial charge in [-0.25, -0.2) is 0 Å². The number of hydrogen-bond acceptors (Lipinski definition) is 4. The zero-order valence-electron chi connectivity index (χ0n) is 13.1. The van der Waals surface area contributed by atoms with Gasteiger partial charge in [-0.05, 0) is 24.3 Å². The molecule has 0 aliphatic rings. The van der Waals surface area contributed by atoms with Gasteiger partial charge < -0.3 is 4.74 Å². The van der Waals surface area contributed by atoms with E-state index in [1.54, 1.807) is 35.7 Å². The van der Waals surface area contributed by atoms with Crippen LogP contribution in [0.5, 0.6) is 5.75 Å². The lowest BCUT2D eigenvalue weighted by Gasteiger charge is -2.10. The molecule has 0 radical (unpaired) electrons. The van der Waals surface area contributed by atoms with Crippen molar-refractivity contribution >= 4 is 39.9 Å². The van der Waals surface area contributed by atoms with Crippen LogP contribution in [0.4, 0.5) is 0 Å². The molecule has 0 bridgehead atoms. The van der Waals surface area contributed by atoms with Gasteiger partial charge in [-0.15, -0.1) is 10.2 Å². The van der Waals surface area contributed by atoms with Gasteiger partial charge in [-0.3, -0.25) is 13.8 Å². The fourth-order valence-electron chi connectivity index (χ4n) is 2.72. The normalized spacial score (nSPS) is 11.3. The summed E-state index contributed by atoms with van der Waals surface area (Å²) in [6, 6.07) is 12.5. The zero-order valence-corrected chi connectivity index (χ0v) is 14.6. The fraction of sp³-hybridized carbons (Fsp3) is 0.118. The van der Waals surface area contributed by atoms with Crippen molar-refractivity contribution < 1.29 is 4.74 Å². The summed E-state index contributed by atoms with van der Waals surface area (Å²) in [5.41, 5.74) is 0.599. The van der Waals surface area contributed by atoms with Crippen molar-refractivity contribution in [1.82, 2.24) is 19.2 Å². The molecule has 0 unspecified atom stereocenters. The Morgan fingerprint density at radius 1 is 1.08 bits per heavy atom. The minimum Gasteiger partial charge on any atom is -0.484 e. The van der Waals surface area contributed by atoms with E-state index in [-0.39, 0.29) is 12.2 Å². The molecule has 0 aliphatic heterocycles. The van der Waals surface area contributed by atoms with E-state index < -0.39 is 0 Å². The Kier molecular flexibility index (Phi) is 3.86. The summed E-state index contributed by atoms with van der Waals surface area (Å²) >= 11 is 12.2. The van der Waals surface area contributed by atoms with Gasteiger partial charge in [0.1, 0.15) is 17.4 Å². The van der Waals surface area contributed by atoms with Gasteiger partial charge in [0, 0.05) is 7.05 Å². The summed E-state index contributed by atoms with van der Waals surface area (Å²) in [5, 5.41) is 9.63. The Balaban J connectivity index is 1.83. The minimum absolute atomic E-state index is 0.124. The van der Waals surface area contributed by atoms with Crippen molar-refractivity contribution in [3.8, 4) is 5.75 Å². The molecule has 0 N–H and O–H groups in total. The molecule has 2 aromatic heterocycles. The van der Waals surface area contributed by atoms with Gasteiger partial charge in [0.05, 0.1) is 15.9 Å². The summed E-state index contributed by atoms with van der Waals surface area (Å²) in [4.78, 5) is 12.4. The summed E-state index contributed by atoms with van der Waals surface area (Å²) in [7, 11) is 1.66. The molecule has 0 atom stereocenters. The van der Waals surface area contributed by atoms with Crippen molar-refractivity contribution in [2.75, 3.05) is 0 Å². The van der Waals surface area contributed by atoms with E-state index in [2.05, 4.69) is 10.2 Å². The Bertz CT molecular complexity index is 1170. The maximum Gasteiger partial charge on any atom is 0.262 e. The zero-order chi connectivity index (χ0) is 17.6. The predicted molar refractivity (Wildman–Crippen MR) is 96.5 cm³/mol. The van der Waals surface area contributed by atoms with E-state index in [0.717, 1.165) is 5.52 Å². The molecule has 4 rings (SSSR count). The van der Waals surface area contributed by atoms with Crippen molar-refractivity contribution in [3.05, 3.63) is 68.7 Å². The molecule has 0 fully saturated rings. The van der Waals surface area contributed by atoms with Gasteiger partial charge in [0.25, 0.3) is 5.56 Å². The van der Waals surface area contributed by atoms with Crippen molar-refractivity contribution in [2.45, 2.75) is 6.61 Å². The van der Waals surface area contributed by atoms with Crippen LogP contribution < -0.4 is 10.3 Å². The summed E-state index contributed by atoms with van der Waals surface area (Å²) in [5.74, 6) is 1.46. The molecule has 25 heavy (non-hydrogen) atoms. The molecule has 0 aliphatic carbocycles. The Labute approximate surface area is 152 Å². The van der Waals surface area contributed by atoms with Crippen molar-refractivity contribution in [1.29, 1.82) is 0 Å². The first-order valence-electron chi connectivity index (χ1n) is 7.46. The van der Waals surface area contributed by atoms with E-state index in [1.807, 2.05) is 18.2 Å². The third kappa shape index (κ3) is 2.54. The van der Waals surface area contributed by atoms with Crippen molar-refractivity contribution in [2.24, 2.45) is 7.05 Å². The molecule has 0 saturated heterocycles. The Hall–Kier alpha value is -2.57. The first kappa shape index (κ1) is 15.9. The standard InChI is InChI=1S/C17H12Cl2N4O2/c1-22-16(24)10-5-2-3-7-12(10)23-14(20-21-17(22)23)9-25-13-8-4-6-11(18)15(13)19/h2-8H,9H2,1H3. The van der Waals surface area contributed by atoms with E-state index in [4.69, 9.17) is 27.9 Å². The first-order valence-corrected chi connectivity index (χ1v) is 8.22. The first-order chi connectivity index (χ1) is 12.1. The minimum atomic E-state index is -0.124.